The highest BCUT2D eigenvalue weighted by atomic mass is 31.2. The molecule has 0 heterocycles. The molecule has 0 saturated carbocycles. The van der Waals surface area contributed by atoms with Gasteiger partial charge in [0.05, 0.1) is 6.10 Å². The van der Waals surface area contributed by atoms with Crippen LogP contribution in [-0.4, -0.2) is 17.6 Å². The van der Waals surface area contributed by atoms with E-state index in [1.807, 2.05) is 6.07 Å². The van der Waals surface area contributed by atoms with Gasteiger partial charge in [0, 0.05) is 5.30 Å². The second-order valence-electron chi connectivity index (χ2n) is 3.30. The van der Waals surface area contributed by atoms with E-state index >= 15 is 0 Å². The first-order valence-electron chi connectivity index (χ1n) is 4.52. The number of hydrogen-bond donors (Lipinski definition) is 1. The van der Waals surface area contributed by atoms with E-state index in [0.29, 0.717) is 5.30 Å². The normalized spacial score (nSPS) is 15.4. The molecule has 14 heavy (non-hydrogen) atoms. The zero-order valence-electron chi connectivity index (χ0n) is 8.38. The predicted molar refractivity (Wildman–Crippen MR) is 57.0 cm³/mol. The maximum atomic E-state index is 12.1. The molecule has 1 unspecified atom stereocenters. The summed E-state index contributed by atoms with van der Waals surface area (Å²) in [6, 6.07) is 8.81. The highest BCUT2D eigenvalue weighted by Crippen LogP contribution is 2.45. The first-order chi connectivity index (χ1) is 6.58. The summed E-state index contributed by atoms with van der Waals surface area (Å²) in [4.78, 5) is 0. The monoisotopic (exact) mass is 214 g/mol. The standard InChI is InChI=1S/C10H15O3P/c1-9(2)13-14(12,8-11)10-6-4-3-5-7-10/h3-7,9,11H,8H2,1-2H3. The Morgan fingerprint density at radius 1 is 1.36 bits per heavy atom. The van der Waals surface area contributed by atoms with E-state index in [9.17, 15) is 4.57 Å². The molecule has 0 spiro atoms. The van der Waals surface area contributed by atoms with Crippen molar-refractivity contribution in [3.05, 3.63) is 30.3 Å². The van der Waals surface area contributed by atoms with Crippen molar-refractivity contribution in [2.24, 2.45) is 0 Å². The van der Waals surface area contributed by atoms with Gasteiger partial charge in [0.25, 0.3) is 7.37 Å². The largest absolute Gasteiger partial charge is 0.386 e. The fourth-order valence-electron chi connectivity index (χ4n) is 1.17. The van der Waals surface area contributed by atoms with E-state index in [1.165, 1.54) is 0 Å². The van der Waals surface area contributed by atoms with E-state index in [-0.39, 0.29) is 6.10 Å². The van der Waals surface area contributed by atoms with E-state index in [0.717, 1.165) is 0 Å². The summed E-state index contributed by atoms with van der Waals surface area (Å²) < 4.78 is 17.4. The Hall–Kier alpha value is -0.630. The van der Waals surface area contributed by atoms with Crippen LogP contribution in [0.25, 0.3) is 0 Å². The summed E-state index contributed by atoms with van der Waals surface area (Å²) in [5, 5.41) is 9.67. The van der Waals surface area contributed by atoms with Gasteiger partial charge in [-0.25, -0.2) is 0 Å². The van der Waals surface area contributed by atoms with Gasteiger partial charge in [-0.15, -0.1) is 0 Å². The minimum atomic E-state index is -3.05. The van der Waals surface area contributed by atoms with Crippen molar-refractivity contribution in [2.75, 3.05) is 6.35 Å². The van der Waals surface area contributed by atoms with Gasteiger partial charge in [0.15, 0.2) is 0 Å². The smallest absolute Gasteiger partial charge is 0.256 e. The van der Waals surface area contributed by atoms with Gasteiger partial charge in [0.2, 0.25) is 0 Å². The summed E-state index contributed by atoms with van der Waals surface area (Å²) in [6.45, 7) is 3.59. The molecule has 1 aromatic carbocycles. The predicted octanol–water partition coefficient (Wildman–Crippen LogP) is 1.96. The van der Waals surface area contributed by atoms with Gasteiger partial charge >= 0.3 is 0 Å². The highest BCUT2D eigenvalue weighted by molar-refractivity contribution is 7.66. The SMILES string of the molecule is CC(C)OP(=O)(CO)c1ccccc1. The summed E-state index contributed by atoms with van der Waals surface area (Å²) in [5.41, 5.74) is 0. The van der Waals surface area contributed by atoms with Gasteiger partial charge in [-0.1, -0.05) is 18.2 Å². The minimum Gasteiger partial charge on any atom is -0.386 e. The molecule has 1 N–H and O–H groups in total. The number of aliphatic hydroxyl groups excluding tert-OH is 1. The third-order valence-corrected chi connectivity index (χ3v) is 3.94. The van der Waals surface area contributed by atoms with Gasteiger partial charge in [-0.2, -0.15) is 0 Å². The van der Waals surface area contributed by atoms with Gasteiger partial charge in [-0.3, -0.25) is 4.57 Å². The molecule has 0 radical (unpaired) electrons. The zero-order chi connectivity index (χ0) is 10.6. The van der Waals surface area contributed by atoms with E-state index in [4.69, 9.17) is 9.63 Å². The van der Waals surface area contributed by atoms with Crippen molar-refractivity contribution in [1.29, 1.82) is 0 Å². The Bertz CT molecular complexity index is 321. The summed E-state index contributed by atoms with van der Waals surface area (Å²) in [6.07, 6.45) is -0.608. The Balaban J connectivity index is 2.97. The maximum Gasteiger partial charge on any atom is 0.256 e. The van der Waals surface area contributed by atoms with Crippen LogP contribution in [0.15, 0.2) is 30.3 Å². The molecule has 0 aliphatic carbocycles. The van der Waals surface area contributed by atoms with Crippen LogP contribution in [0, 0.1) is 0 Å². The zero-order valence-corrected chi connectivity index (χ0v) is 9.28. The highest BCUT2D eigenvalue weighted by Gasteiger charge is 2.25. The molecule has 0 fully saturated rings. The molecule has 0 aliphatic heterocycles. The van der Waals surface area contributed by atoms with Crippen molar-refractivity contribution in [2.45, 2.75) is 20.0 Å². The lowest BCUT2D eigenvalue weighted by molar-refractivity contribution is 0.228. The summed E-state index contributed by atoms with van der Waals surface area (Å²) in [7, 11) is -3.05. The van der Waals surface area contributed by atoms with Crippen molar-refractivity contribution < 1.29 is 14.2 Å². The minimum absolute atomic E-state index is 0.159. The average molecular weight is 214 g/mol. The lowest BCUT2D eigenvalue weighted by Crippen LogP contribution is -2.13. The van der Waals surface area contributed by atoms with Crippen LogP contribution < -0.4 is 5.30 Å². The molecule has 3 nitrogen and oxygen atoms in total. The van der Waals surface area contributed by atoms with Gasteiger partial charge in [0.1, 0.15) is 6.35 Å². The van der Waals surface area contributed by atoms with Crippen LogP contribution in [0.1, 0.15) is 13.8 Å². The number of hydrogen-bond acceptors (Lipinski definition) is 3. The molecule has 0 saturated heterocycles. The lowest BCUT2D eigenvalue weighted by Gasteiger charge is -2.18. The first kappa shape index (κ1) is 11.4. The topological polar surface area (TPSA) is 46.5 Å². The maximum absolute atomic E-state index is 12.1. The van der Waals surface area contributed by atoms with E-state index in [1.54, 1.807) is 38.1 Å². The molecule has 4 heteroatoms. The van der Waals surface area contributed by atoms with Crippen LogP contribution in [0.2, 0.25) is 0 Å². The fourth-order valence-corrected chi connectivity index (χ4v) is 2.83. The Labute approximate surface area is 84.2 Å². The van der Waals surface area contributed by atoms with Crippen molar-refractivity contribution in [3.63, 3.8) is 0 Å². The Kier molecular flexibility index (Phi) is 3.87. The van der Waals surface area contributed by atoms with Gasteiger partial charge < -0.3 is 9.63 Å². The van der Waals surface area contributed by atoms with Crippen LogP contribution in [0.5, 0.6) is 0 Å². The van der Waals surface area contributed by atoms with E-state index < -0.39 is 13.7 Å². The number of rotatable bonds is 4. The quantitative estimate of drug-likeness (QED) is 0.779. The number of aliphatic hydroxyl groups is 1. The first-order valence-corrected chi connectivity index (χ1v) is 6.33. The van der Waals surface area contributed by atoms with E-state index in [2.05, 4.69) is 0 Å². The molecule has 1 atom stereocenters. The molecule has 0 amide bonds. The summed E-state index contributed by atoms with van der Waals surface area (Å²) in [5.74, 6) is 0. The van der Waals surface area contributed by atoms with Crippen LogP contribution >= 0.6 is 7.37 Å². The molecule has 78 valence electrons. The third-order valence-electron chi connectivity index (χ3n) is 1.72. The van der Waals surface area contributed by atoms with Crippen LogP contribution in [0.3, 0.4) is 0 Å². The second-order valence-corrected chi connectivity index (χ2v) is 5.66. The Morgan fingerprint density at radius 2 is 1.93 bits per heavy atom. The summed E-state index contributed by atoms with van der Waals surface area (Å²) >= 11 is 0. The molecule has 1 rings (SSSR count). The lowest BCUT2D eigenvalue weighted by atomic mass is 10.4. The third kappa shape index (κ3) is 2.68. The Morgan fingerprint density at radius 3 is 2.36 bits per heavy atom. The van der Waals surface area contributed by atoms with Crippen molar-refractivity contribution in [3.8, 4) is 0 Å². The molecule has 1 aromatic rings. The molecule has 0 aromatic heterocycles. The average Bonchev–Trinajstić information content (AvgIpc) is 2.18. The molecular formula is C10H15O3P. The van der Waals surface area contributed by atoms with Gasteiger partial charge in [-0.05, 0) is 26.0 Å². The van der Waals surface area contributed by atoms with Crippen LogP contribution in [-0.2, 0) is 9.09 Å². The molecule has 0 bridgehead atoms. The van der Waals surface area contributed by atoms with Crippen molar-refractivity contribution in [1.82, 2.24) is 0 Å². The van der Waals surface area contributed by atoms with Crippen LogP contribution in [0.4, 0.5) is 0 Å². The van der Waals surface area contributed by atoms with Crippen molar-refractivity contribution >= 4 is 12.7 Å². The fraction of sp³-hybridized carbons (Fsp3) is 0.400. The molecular weight excluding hydrogens is 199 g/mol. The number of benzene rings is 1. The molecule has 0 aliphatic rings. The second kappa shape index (κ2) is 4.74.